The van der Waals surface area contributed by atoms with E-state index < -0.39 is 0 Å². The molecule has 0 radical (unpaired) electrons. The molecule has 3 rings (SSSR count). The van der Waals surface area contributed by atoms with Gasteiger partial charge in [-0.15, -0.1) is 0 Å². The first kappa shape index (κ1) is 12.4. The lowest BCUT2D eigenvalue weighted by Gasteiger charge is -2.22. The highest BCUT2D eigenvalue weighted by molar-refractivity contribution is 5.63. The number of nitrogens with one attached hydrogen (secondary N) is 1. The zero-order valence-electron chi connectivity index (χ0n) is 11.7. The summed E-state index contributed by atoms with van der Waals surface area (Å²) in [5.41, 5.74) is 3.81. The topological polar surface area (TPSA) is 29.9 Å². The van der Waals surface area contributed by atoms with Crippen molar-refractivity contribution >= 4 is 0 Å². The maximum atomic E-state index is 4.68. The van der Waals surface area contributed by atoms with Crippen LogP contribution in [-0.4, -0.2) is 22.6 Å². The minimum Gasteiger partial charge on any atom is -0.331 e. The molecule has 1 fully saturated rings. The summed E-state index contributed by atoms with van der Waals surface area (Å²) in [7, 11) is 2.14. The molecule has 1 unspecified atom stereocenters. The van der Waals surface area contributed by atoms with Crippen LogP contribution in [0.4, 0.5) is 0 Å². The lowest BCUT2D eigenvalue weighted by Crippen LogP contribution is -2.29. The van der Waals surface area contributed by atoms with E-state index in [1.54, 1.807) is 0 Å². The van der Waals surface area contributed by atoms with Crippen LogP contribution in [0.1, 0.15) is 30.1 Å². The highest BCUT2D eigenvalue weighted by Gasteiger charge is 2.21. The third kappa shape index (κ3) is 2.30. The fraction of sp³-hybridized carbons (Fsp3) is 0.438. The summed E-state index contributed by atoms with van der Waals surface area (Å²) in [5.74, 6) is 1.77. The lowest BCUT2D eigenvalue weighted by atomic mass is 9.99. The Morgan fingerprint density at radius 2 is 2.16 bits per heavy atom. The van der Waals surface area contributed by atoms with E-state index in [-0.39, 0.29) is 0 Å². The van der Waals surface area contributed by atoms with Crippen LogP contribution in [0.5, 0.6) is 0 Å². The quantitative estimate of drug-likeness (QED) is 0.894. The molecule has 0 bridgehead atoms. The first-order valence-electron chi connectivity index (χ1n) is 7.05. The number of aromatic nitrogens is 2. The molecular weight excluding hydrogens is 234 g/mol. The monoisotopic (exact) mass is 255 g/mol. The Bertz CT molecular complexity index is 565. The first-order chi connectivity index (χ1) is 9.27. The second kappa shape index (κ2) is 5.17. The molecule has 0 spiro atoms. The summed E-state index contributed by atoms with van der Waals surface area (Å²) in [5, 5.41) is 3.47. The predicted molar refractivity (Wildman–Crippen MR) is 78.2 cm³/mol. The summed E-state index contributed by atoms with van der Waals surface area (Å²) in [6, 6.07) is 8.51. The van der Waals surface area contributed by atoms with E-state index in [0.29, 0.717) is 5.92 Å². The molecule has 2 heterocycles. The number of hydrogen-bond acceptors (Lipinski definition) is 2. The normalized spacial score (nSPS) is 19.6. The molecule has 1 aliphatic heterocycles. The van der Waals surface area contributed by atoms with Crippen LogP contribution in [0.2, 0.25) is 0 Å². The third-order valence-electron chi connectivity index (χ3n) is 4.11. The maximum Gasteiger partial charge on any atom is 0.113 e. The molecule has 1 aliphatic rings. The maximum absolute atomic E-state index is 4.68. The molecule has 1 saturated heterocycles. The Morgan fingerprint density at radius 1 is 1.32 bits per heavy atom. The van der Waals surface area contributed by atoms with Crippen molar-refractivity contribution in [3.63, 3.8) is 0 Å². The van der Waals surface area contributed by atoms with Gasteiger partial charge in [-0.2, -0.15) is 0 Å². The van der Waals surface area contributed by atoms with E-state index in [9.17, 15) is 0 Å². The van der Waals surface area contributed by atoms with Gasteiger partial charge >= 0.3 is 0 Å². The van der Waals surface area contributed by atoms with E-state index in [4.69, 9.17) is 0 Å². The van der Waals surface area contributed by atoms with Gasteiger partial charge in [0.2, 0.25) is 0 Å². The minimum absolute atomic E-state index is 0.552. The zero-order valence-corrected chi connectivity index (χ0v) is 11.7. The van der Waals surface area contributed by atoms with Crippen molar-refractivity contribution in [1.82, 2.24) is 14.9 Å². The van der Waals surface area contributed by atoms with Crippen molar-refractivity contribution in [2.75, 3.05) is 13.1 Å². The van der Waals surface area contributed by atoms with Gasteiger partial charge in [-0.25, -0.2) is 4.98 Å². The Hall–Kier alpha value is -1.61. The smallest absolute Gasteiger partial charge is 0.113 e. The Labute approximate surface area is 114 Å². The molecule has 2 aromatic rings. The number of benzene rings is 1. The van der Waals surface area contributed by atoms with Gasteiger partial charge in [-0.3, -0.25) is 0 Å². The van der Waals surface area contributed by atoms with Crippen LogP contribution in [0, 0.1) is 6.92 Å². The van der Waals surface area contributed by atoms with E-state index in [0.717, 1.165) is 13.1 Å². The molecule has 1 atom stereocenters. The van der Waals surface area contributed by atoms with Crippen molar-refractivity contribution < 1.29 is 0 Å². The molecule has 0 saturated carbocycles. The van der Waals surface area contributed by atoms with Crippen LogP contribution in [0.3, 0.4) is 0 Å². The molecule has 1 aromatic heterocycles. The third-order valence-corrected chi connectivity index (χ3v) is 4.11. The molecule has 100 valence electrons. The number of imidazole rings is 1. The largest absolute Gasteiger partial charge is 0.331 e. The summed E-state index contributed by atoms with van der Waals surface area (Å²) in [6.07, 6.45) is 4.51. The molecule has 0 amide bonds. The van der Waals surface area contributed by atoms with E-state index >= 15 is 0 Å². The van der Waals surface area contributed by atoms with Gasteiger partial charge in [0.25, 0.3) is 0 Å². The van der Waals surface area contributed by atoms with Gasteiger partial charge < -0.3 is 9.88 Å². The second-order valence-corrected chi connectivity index (χ2v) is 5.42. The Morgan fingerprint density at radius 3 is 2.89 bits per heavy atom. The molecule has 3 heteroatoms. The molecule has 0 aliphatic carbocycles. The standard InChI is InChI=1S/C16H21N3/c1-12-6-3-4-8-14(12)15-11-18-16(19(15)2)13-7-5-9-17-10-13/h3-4,6,8,11,13,17H,5,7,9-10H2,1-2H3. The van der Waals surface area contributed by atoms with Crippen LogP contribution in [0.25, 0.3) is 11.3 Å². The van der Waals surface area contributed by atoms with Crippen molar-refractivity contribution in [2.24, 2.45) is 7.05 Å². The van der Waals surface area contributed by atoms with E-state index in [1.807, 2.05) is 6.20 Å². The Balaban J connectivity index is 1.97. The molecule has 1 aromatic carbocycles. The van der Waals surface area contributed by atoms with Crippen LogP contribution in [0.15, 0.2) is 30.5 Å². The number of aryl methyl sites for hydroxylation is 1. The van der Waals surface area contributed by atoms with Crippen molar-refractivity contribution in [2.45, 2.75) is 25.7 Å². The lowest BCUT2D eigenvalue weighted by molar-refractivity contribution is 0.439. The average Bonchev–Trinajstić information content (AvgIpc) is 2.82. The van der Waals surface area contributed by atoms with Gasteiger partial charge in [0, 0.05) is 25.1 Å². The van der Waals surface area contributed by atoms with Crippen molar-refractivity contribution in [3.8, 4) is 11.3 Å². The first-order valence-corrected chi connectivity index (χ1v) is 7.05. The Kier molecular flexibility index (Phi) is 3.38. The fourth-order valence-electron chi connectivity index (χ4n) is 2.99. The van der Waals surface area contributed by atoms with E-state index in [2.05, 4.69) is 53.1 Å². The van der Waals surface area contributed by atoms with Crippen LogP contribution < -0.4 is 5.32 Å². The van der Waals surface area contributed by atoms with Crippen LogP contribution >= 0.6 is 0 Å². The van der Waals surface area contributed by atoms with Gasteiger partial charge in [0.15, 0.2) is 0 Å². The average molecular weight is 255 g/mol. The molecule has 3 nitrogen and oxygen atoms in total. The fourth-order valence-corrected chi connectivity index (χ4v) is 2.99. The van der Waals surface area contributed by atoms with E-state index in [1.165, 1.54) is 35.5 Å². The number of nitrogens with zero attached hydrogens (tertiary/aromatic N) is 2. The van der Waals surface area contributed by atoms with Gasteiger partial charge in [-0.05, 0) is 31.9 Å². The molecule has 19 heavy (non-hydrogen) atoms. The number of piperidine rings is 1. The summed E-state index contributed by atoms with van der Waals surface area (Å²) >= 11 is 0. The van der Waals surface area contributed by atoms with Crippen molar-refractivity contribution in [1.29, 1.82) is 0 Å². The molecular formula is C16H21N3. The zero-order chi connectivity index (χ0) is 13.2. The molecule has 1 N–H and O–H groups in total. The number of hydrogen-bond donors (Lipinski definition) is 1. The van der Waals surface area contributed by atoms with Crippen molar-refractivity contribution in [3.05, 3.63) is 41.9 Å². The summed E-state index contributed by atoms with van der Waals surface area (Å²) in [6.45, 7) is 4.35. The van der Waals surface area contributed by atoms with Gasteiger partial charge in [-0.1, -0.05) is 24.3 Å². The second-order valence-electron chi connectivity index (χ2n) is 5.42. The summed E-state index contributed by atoms with van der Waals surface area (Å²) < 4.78 is 2.26. The minimum atomic E-state index is 0.552. The highest BCUT2D eigenvalue weighted by atomic mass is 15.1. The highest BCUT2D eigenvalue weighted by Crippen LogP contribution is 2.28. The van der Waals surface area contributed by atoms with Crippen LogP contribution in [-0.2, 0) is 7.05 Å². The number of rotatable bonds is 2. The summed E-state index contributed by atoms with van der Waals surface area (Å²) in [4.78, 5) is 4.68. The SMILES string of the molecule is Cc1ccccc1-c1cnc(C2CCCNC2)n1C. The van der Waals surface area contributed by atoms with Gasteiger partial charge in [0.1, 0.15) is 5.82 Å². The van der Waals surface area contributed by atoms with Gasteiger partial charge in [0.05, 0.1) is 11.9 Å². The predicted octanol–water partition coefficient (Wildman–Crippen LogP) is 2.86.